The Kier molecular flexibility index (Phi) is 7.65. The van der Waals surface area contributed by atoms with Crippen LogP contribution in [0.2, 0.25) is 0 Å². The van der Waals surface area contributed by atoms with Crippen LogP contribution in [0.15, 0.2) is 42.5 Å². The molecule has 2 aromatic carbocycles. The summed E-state index contributed by atoms with van der Waals surface area (Å²) in [6.45, 7) is 14.1. The lowest BCUT2D eigenvalue weighted by Gasteiger charge is -2.34. The van der Waals surface area contributed by atoms with Gasteiger partial charge in [-0.15, -0.1) is 0 Å². The smallest absolute Gasteiger partial charge is 0.338 e. The summed E-state index contributed by atoms with van der Waals surface area (Å²) >= 11 is 0. The molecule has 0 fully saturated rings. The third-order valence-corrected chi connectivity index (χ3v) is 6.04. The molecule has 1 N–H and O–H groups in total. The van der Waals surface area contributed by atoms with Gasteiger partial charge >= 0.3 is 5.97 Å². The first-order valence-electron chi connectivity index (χ1n) is 11.8. The maximum absolute atomic E-state index is 12.0. The first kappa shape index (κ1) is 23.9. The Labute approximate surface area is 193 Å². The van der Waals surface area contributed by atoms with E-state index in [4.69, 9.17) is 9.47 Å². The first-order chi connectivity index (χ1) is 15.3. The molecule has 0 spiro atoms. The van der Waals surface area contributed by atoms with Crippen LogP contribution in [0, 0.1) is 5.92 Å². The zero-order valence-electron chi connectivity index (χ0n) is 20.4. The molecule has 3 rings (SSSR count). The van der Waals surface area contributed by atoms with Crippen LogP contribution in [-0.2, 0) is 10.2 Å². The van der Waals surface area contributed by atoms with Gasteiger partial charge in [0.15, 0.2) is 0 Å². The van der Waals surface area contributed by atoms with Gasteiger partial charge in [-0.2, -0.15) is 0 Å². The summed E-state index contributed by atoms with van der Waals surface area (Å²) in [7, 11) is 0. The normalized spacial score (nSPS) is 14.5. The van der Waals surface area contributed by atoms with E-state index in [1.165, 1.54) is 16.7 Å². The van der Waals surface area contributed by atoms with Crippen molar-refractivity contribution in [2.24, 2.45) is 5.92 Å². The summed E-state index contributed by atoms with van der Waals surface area (Å²) in [4.78, 5) is 12.0. The van der Waals surface area contributed by atoms with Crippen molar-refractivity contribution in [1.82, 2.24) is 0 Å². The molecule has 0 unspecified atom stereocenters. The average molecular weight is 436 g/mol. The zero-order chi connectivity index (χ0) is 23.3. The Morgan fingerprint density at radius 2 is 1.84 bits per heavy atom. The van der Waals surface area contributed by atoms with Gasteiger partial charge in [-0.1, -0.05) is 47.1 Å². The highest BCUT2D eigenvalue weighted by Gasteiger charge is 2.30. The van der Waals surface area contributed by atoms with Crippen LogP contribution in [0.25, 0.3) is 5.57 Å². The molecule has 0 radical (unpaired) electrons. The molecule has 4 heteroatoms. The number of hydrogen-bond acceptors (Lipinski definition) is 4. The van der Waals surface area contributed by atoms with Crippen molar-refractivity contribution in [3.05, 3.63) is 59.2 Å². The molecule has 0 atom stereocenters. The van der Waals surface area contributed by atoms with Crippen molar-refractivity contribution < 1.29 is 14.3 Å². The third-order valence-electron chi connectivity index (χ3n) is 6.04. The standard InChI is InChI=1S/C28H37NO3/c1-7-9-16-32-26-18-24-23(22(19(3)4)14-15-28(24,5)6)17-25(26)29-21-12-10-20(11-13-21)27(30)31-8-2/h10-14,17-19,29H,7-9,15-16H2,1-6H3. The molecule has 0 amide bonds. The number of benzene rings is 2. The number of carbonyl (C=O) groups is 1. The van der Waals surface area contributed by atoms with Crippen LogP contribution in [-0.4, -0.2) is 19.2 Å². The topological polar surface area (TPSA) is 47.6 Å². The van der Waals surface area contributed by atoms with Gasteiger partial charge in [0.2, 0.25) is 0 Å². The van der Waals surface area contributed by atoms with E-state index in [9.17, 15) is 4.79 Å². The van der Waals surface area contributed by atoms with Gasteiger partial charge < -0.3 is 14.8 Å². The van der Waals surface area contributed by atoms with Gasteiger partial charge in [0.05, 0.1) is 24.5 Å². The number of carbonyl (C=O) groups excluding carboxylic acids is 1. The molecule has 1 aliphatic rings. The molecule has 4 nitrogen and oxygen atoms in total. The second-order valence-electron chi connectivity index (χ2n) is 9.42. The minimum atomic E-state index is -0.301. The molecule has 0 bridgehead atoms. The lowest BCUT2D eigenvalue weighted by atomic mass is 9.71. The minimum Gasteiger partial charge on any atom is -0.491 e. The van der Waals surface area contributed by atoms with E-state index in [1.807, 2.05) is 19.1 Å². The molecule has 2 aromatic rings. The Morgan fingerprint density at radius 1 is 1.12 bits per heavy atom. The quantitative estimate of drug-likeness (QED) is 0.327. The summed E-state index contributed by atoms with van der Waals surface area (Å²) in [5.41, 5.74) is 6.50. The maximum atomic E-state index is 12.0. The summed E-state index contributed by atoms with van der Waals surface area (Å²) in [6, 6.07) is 11.9. The molecule has 0 aromatic heterocycles. The van der Waals surface area contributed by atoms with Gasteiger partial charge in [-0.25, -0.2) is 4.79 Å². The molecule has 0 heterocycles. The van der Waals surface area contributed by atoms with E-state index in [1.54, 1.807) is 12.1 Å². The number of unbranched alkanes of at least 4 members (excludes halogenated alkanes) is 1. The van der Waals surface area contributed by atoms with E-state index < -0.39 is 0 Å². The van der Waals surface area contributed by atoms with Crippen LogP contribution in [0.3, 0.4) is 0 Å². The Balaban J connectivity index is 1.99. The summed E-state index contributed by atoms with van der Waals surface area (Å²) in [5, 5.41) is 3.53. The first-order valence-corrected chi connectivity index (χ1v) is 11.8. The molecule has 172 valence electrons. The Hall–Kier alpha value is -2.75. The van der Waals surface area contributed by atoms with Crippen LogP contribution in [0.5, 0.6) is 5.75 Å². The van der Waals surface area contributed by atoms with Gasteiger partial charge in [-0.3, -0.25) is 0 Å². The van der Waals surface area contributed by atoms with Crippen LogP contribution < -0.4 is 10.1 Å². The maximum Gasteiger partial charge on any atom is 0.338 e. The molecule has 0 saturated heterocycles. The second-order valence-corrected chi connectivity index (χ2v) is 9.42. The zero-order valence-corrected chi connectivity index (χ0v) is 20.4. The number of nitrogens with one attached hydrogen (secondary N) is 1. The molecule has 0 aliphatic heterocycles. The van der Waals surface area contributed by atoms with Gasteiger partial charge in [0.25, 0.3) is 0 Å². The van der Waals surface area contributed by atoms with Crippen molar-refractivity contribution in [3.8, 4) is 5.75 Å². The third kappa shape index (κ3) is 5.35. The summed E-state index contributed by atoms with van der Waals surface area (Å²) in [6.07, 6.45) is 5.53. The Bertz CT molecular complexity index is 971. The lowest BCUT2D eigenvalue weighted by molar-refractivity contribution is 0.0526. The average Bonchev–Trinajstić information content (AvgIpc) is 2.75. The molecular formula is C28H37NO3. The van der Waals surface area contributed by atoms with Crippen LogP contribution in [0.1, 0.15) is 82.3 Å². The van der Waals surface area contributed by atoms with Crippen molar-refractivity contribution in [2.45, 2.75) is 66.2 Å². The van der Waals surface area contributed by atoms with E-state index in [0.717, 1.165) is 36.4 Å². The second kappa shape index (κ2) is 10.2. The van der Waals surface area contributed by atoms with E-state index in [2.05, 4.69) is 58.1 Å². The van der Waals surface area contributed by atoms with Gasteiger partial charge in [0, 0.05) is 5.69 Å². The highest BCUT2D eigenvalue weighted by Crippen LogP contribution is 2.45. The number of esters is 1. The predicted molar refractivity (Wildman–Crippen MR) is 133 cm³/mol. The molecule has 1 aliphatic carbocycles. The fourth-order valence-corrected chi connectivity index (χ4v) is 4.11. The minimum absolute atomic E-state index is 0.0659. The van der Waals surface area contributed by atoms with E-state index in [0.29, 0.717) is 24.7 Å². The van der Waals surface area contributed by atoms with Gasteiger partial charge in [0.1, 0.15) is 5.75 Å². The SMILES string of the molecule is CCCCOc1cc2c(cc1Nc1ccc(C(=O)OCC)cc1)C(C(C)C)=CCC2(C)C. The monoisotopic (exact) mass is 435 g/mol. The van der Waals surface area contributed by atoms with Crippen LogP contribution >= 0.6 is 0 Å². The predicted octanol–water partition coefficient (Wildman–Crippen LogP) is 7.51. The number of fused-ring (bicyclic) bond motifs is 1. The molecular weight excluding hydrogens is 398 g/mol. The fourth-order valence-electron chi connectivity index (χ4n) is 4.11. The highest BCUT2D eigenvalue weighted by atomic mass is 16.5. The fraction of sp³-hybridized carbons (Fsp3) is 0.464. The largest absolute Gasteiger partial charge is 0.491 e. The van der Waals surface area contributed by atoms with Crippen molar-refractivity contribution in [2.75, 3.05) is 18.5 Å². The summed E-state index contributed by atoms with van der Waals surface area (Å²) < 4.78 is 11.3. The number of ether oxygens (including phenoxy) is 2. The summed E-state index contributed by atoms with van der Waals surface area (Å²) in [5.74, 6) is 1.03. The molecule has 32 heavy (non-hydrogen) atoms. The number of hydrogen-bond donors (Lipinski definition) is 1. The lowest BCUT2D eigenvalue weighted by Crippen LogP contribution is -2.23. The van der Waals surface area contributed by atoms with Crippen molar-refractivity contribution in [3.63, 3.8) is 0 Å². The van der Waals surface area contributed by atoms with Crippen LogP contribution in [0.4, 0.5) is 11.4 Å². The molecule has 0 saturated carbocycles. The number of rotatable bonds is 9. The number of allylic oxidation sites excluding steroid dienone is 2. The van der Waals surface area contributed by atoms with E-state index >= 15 is 0 Å². The number of anilines is 2. The van der Waals surface area contributed by atoms with E-state index in [-0.39, 0.29) is 11.4 Å². The Morgan fingerprint density at radius 3 is 2.47 bits per heavy atom. The highest BCUT2D eigenvalue weighted by molar-refractivity contribution is 5.90. The van der Waals surface area contributed by atoms with Gasteiger partial charge in [-0.05, 0) is 84.2 Å². The van der Waals surface area contributed by atoms with Crippen molar-refractivity contribution >= 4 is 22.9 Å². The van der Waals surface area contributed by atoms with Crippen molar-refractivity contribution in [1.29, 1.82) is 0 Å².